The first kappa shape index (κ1) is 17.4. The molecule has 0 saturated heterocycles. The number of carbonyl (C=O) groups excluding carboxylic acids is 1. The summed E-state index contributed by atoms with van der Waals surface area (Å²) >= 11 is 12.0. The summed E-state index contributed by atoms with van der Waals surface area (Å²) in [6, 6.07) is 12.7. The number of halogens is 2. The molecule has 2 rings (SSSR count). The first-order valence-electron chi connectivity index (χ1n) is 7.31. The Morgan fingerprint density at radius 1 is 1.09 bits per heavy atom. The molecule has 2 aromatic rings. The quantitative estimate of drug-likeness (QED) is 0.749. The average Bonchev–Trinajstić information content (AvgIpc) is 2.54. The van der Waals surface area contributed by atoms with Crippen LogP contribution in [0.3, 0.4) is 0 Å². The molecular formula is C17H18Cl2N2O2. The first-order chi connectivity index (χ1) is 11.1. The highest BCUT2D eigenvalue weighted by atomic mass is 35.5. The minimum absolute atomic E-state index is 0.143. The number of carbonyl (C=O) groups is 1. The van der Waals surface area contributed by atoms with Gasteiger partial charge in [-0.1, -0.05) is 41.4 Å². The Hall–Kier alpha value is -1.91. The lowest BCUT2D eigenvalue weighted by Gasteiger charge is -2.12. The molecular weight excluding hydrogens is 335 g/mol. The normalized spacial score (nSPS) is 10.2. The minimum atomic E-state index is -0.143. The minimum Gasteiger partial charge on any atom is -0.492 e. The molecule has 4 nitrogen and oxygen atoms in total. The number of hydrogen-bond acceptors (Lipinski definition) is 3. The molecule has 0 bridgehead atoms. The van der Waals surface area contributed by atoms with E-state index in [1.807, 2.05) is 31.2 Å². The Balaban J connectivity index is 1.87. The maximum Gasteiger partial charge on any atom is 0.226 e. The highest BCUT2D eigenvalue weighted by Crippen LogP contribution is 2.29. The number of hydrogen-bond donors (Lipinski definition) is 2. The van der Waals surface area contributed by atoms with E-state index >= 15 is 0 Å². The fourth-order valence-corrected chi connectivity index (χ4v) is 2.37. The average molecular weight is 353 g/mol. The van der Waals surface area contributed by atoms with Crippen molar-refractivity contribution in [1.29, 1.82) is 0 Å². The number of rotatable bonds is 7. The zero-order valence-corrected chi connectivity index (χ0v) is 14.2. The molecule has 1 amide bonds. The second-order valence-corrected chi connectivity index (χ2v) is 5.54. The van der Waals surface area contributed by atoms with Crippen LogP contribution in [0.1, 0.15) is 13.3 Å². The third-order valence-corrected chi connectivity index (χ3v) is 3.90. The first-order valence-corrected chi connectivity index (χ1v) is 8.07. The number of amides is 1. The third kappa shape index (κ3) is 5.05. The van der Waals surface area contributed by atoms with Gasteiger partial charge in [0.15, 0.2) is 0 Å². The van der Waals surface area contributed by atoms with E-state index in [9.17, 15) is 4.79 Å². The molecule has 0 aromatic heterocycles. The van der Waals surface area contributed by atoms with E-state index in [0.717, 1.165) is 11.4 Å². The van der Waals surface area contributed by atoms with E-state index in [2.05, 4.69) is 10.6 Å². The summed E-state index contributed by atoms with van der Waals surface area (Å²) in [7, 11) is 0. The van der Waals surface area contributed by atoms with Gasteiger partial charge in [-0.25, -0.2) is 0 Å². The van der Waals surface area contributed by atoms with Gasteiger partial charge in [0.1, 0.15) is 5.75 Å². The van der Waals surface area contributed by atoms with Crippen molar-refractivity contribution in [3.8, 4) is 5.75 Å². The van der Waals surface area contributed by atoms with E-state index in [-0.39, 0.29) is 5.91 Å². The molecule has 0 fully saturated rings. The summed E-state index contributed by atoms with van der Waals surface area (Å²) in [6.45, 7) is 3.00. The summed E-state index contributed by atoms with van der Waals surface area (Å²) in [5, 5.41) is 6.70. The molecule has 0 aliphatic heterocycles. The fraction of sp³-hybridized carbons (Fsp3) is 0.235. The molecule has 0 unspecified atom stereocenters. The SMILES string of the molecule is CCOc1ccccc1NCCC(=O)Nc1cccc(Cl)c1Cl. The van der Waals surface area contributed by atoms with Crippen molar-refractivity contribution in [2.75, 3.05) is 23.8 Å². The lowest BCUT2D eigenvalue weighted by atomic mass is 10.2. The van der Waals surface area contributed by atoms with Crippen molar-refractivity contribution in [3.05, 3.63) is 52.5 Å². The van der Waals surface area contributed by atoms with Crippen molar-refractivity contribution >= 4 is 40.5 Å². The van der Waals surface area contributed by atoms with Crippen molar-refractivity contribution < 1.29 is 9.53 Å². The highest BCUT2D eigenvalue weighted by Gasteiger charge is 2.08. The van der Waals surface area contributed by atoms with Gasteiger partial charge in [0, 0.05) is 13.0 Å². The second kappa shape index (κ2) is 8.65. The smallest absolute Gasteiger partial charge is 0.226 e. The third-order valence-electron chi connectivity index (χ3n) is 3.08. The number of anilines is 2. The highest BCUT2D eigenvalue weighted by molar-refractivity contribution is 6.43. The number of ether oxygens (including phenoxy) is 1. The van der Waals surface area contributed by atoms with Crippen LogP contribution in [0, 0.1) is 0 Å². The molecule has 6 heteroatoms. The Labute approximate surface area is 145 Å². The summed E-state index contributed by atoms with van der Waals surface area (Å²) < 4.78 is 5.52. The van der Waals surface area contributed by atoms with E-state index in [0.29, 0.717) is 35.3 Å². The Kier molecular flexibility index (Phi) is 6.56. The molecule has 0 radical (unpaired) electrons. The topological polar surface area (TPSA) is 50.4 Å². The molecule has 0 heterocycles. The van der Waals surface area contributed by atoms with Crippen LogP contribution in [0.15, 0.2) is 42.5 Å². The zero-order chi connectivity index (χ0) is 16.7. The molecule has 2 aromatic carbocycles. The van der Waals surface area contributed by atoms with E-state index in [1.54, 1.807) is 18.2 Å². The number of nitrogens with one attached hydrogen (secondary N) is 2. The van der Waals surface area contributed by atoms with Gasteiger partial charge in [-0.05, 0) is 31.2 Å². The van der Waals surface area contributed by atoms with Crippen LogP contribution in [0.2, 0.25) is 10.0 Å². The van der Waals surface area contributed by atoms with Gasteiger partial charge in [-0.2, -0.15) is 0 Å². The molecule has 0 spiro atoms. The van der Waals surface area contributed by atoms with Crippen LogP contribution in [0.25, 0.3) is 0 Å². The number of para-hydroxylation sites is 2. The maximum absolute atomic E-state index is 12.0. The van der Waals surface area contributed by atoms with Crippen LogP contribution >= 0.6 is 23.2 Å². The van der Waals surface area contributed by atoms with Gasteiger partial charge >= 0.3 is 0 Å². The lowest BCUT2D eigenvalue weighted by molar-refractivity contribution is -0.115. The molecule has 122 valence electrons. The van der Waals surface area contributed by atoms with Crippen LogP contribution in [-0.4, -0.2) is 19.1 Å². The van der Waals surface area contributed by atoms with Gasteiger partial charge in [-0.15, -0.1) is 0 Å². The van der Waals surface area contributed by atoms with Crippen molar-refractivity contribution in [2.24, 2.45) is 0 Å². The zero-order valence-electron chi connectivity index (χ0n) is 12.7. The summed E-state index contributed by atoms with van der Waals surface area (Å²) in [4.78, 5) is 12.0. The molecule has 0 aliphatic rings. The Morgan fingerprint density at radius 2 is 1.83 bits per heavy atom. The molecule has 23 heavy (non-hydrogen) atoms. The Morgan fingerprint density at radius 3 is 2.61 bits per heavy atom. The Bertz CT molecular complexity index is 677. The number of benzene rings is 2. The largest absolute Gasteiger partial charge is 0.492 e. The van der Waals surface area contributed by atoms with E-state index < -0.39 is 0 Å². The summed E-state index contributed by atoms with van der Waals surface area (Å²) in [6.07, 6.45) is 0.295. The van der Waals surface area contributed by atoms with Crippen LogP contribution in [0.4, 0.5) is 11.4 Å². The van der Waals surface area contributed by atoms with Crippen molar-refractivity contribution in [1.82, 2.24) is 0 Å². The molecule has 2 N–H and O–H groups in total. The van der Waals surface area contributed by atoms with Gasteiger partial charge < -0.3 is 15.4 Å². The van der Waals surface area contributed by atoms with Gasteiger partial charge in [0.05, 0.1) is 28.0 Å². The van der Waals surface area contributed by atoms with Crippen molar-refractivity contribution in [2.45, 2.75) is 13.3 Å². The van der Waals surface area contributed by atoms with Crippen molar-refractivity contribution in [3.63, 3.8) is 0 Å². The molecule has 0 atom stereocenters. The predicted molar refractivity (Wildman–Crippen MR) is 95.8 cm³/mol. The van der Waals surface area contributed by atoms with Gasteiger partial charge in [0.25, 0.3) is 0 Å². The maximum atomic E-state index is 12.0. The molecule has 0 saturated carbocycles. The lowest BCUT2D eigenvalue weighted by Crippen LogP contribution is -2.16. The fourth-order valence-electron chi connectivity index (χ4n) is 2.02. The summed E-state index contributed by atoms with van der Waals surface area (Å²) in [5.74, 6) is 0.629. The summed E-state index contributed by atoms with van der Waals surface area (Å²) in [5.41, 5.74) is 1.38. The van der Waals surface area contributed by atoms with Crippen LogP contribution in [-0.2, 0) is 4.79 Å². The molecule has 0 aliphatic carbocycles. The standard InChI is InChI=1S/C17H18Cl2N2O2/c1-2-23-15-9-4-3-7-13(15)20-11-10-16(22)21-14-8-5-6-12(18)17(14)19/h3-9,20H,2,10-11H2,1H3,(H,21,22). The van der Waals surface area contributed by atoms with Gasteiger partial charge in [0.2, 0.25) is 5.91 Å². The second-order valence-electron chi connectivity index (χ2n) is 4.76. The van der Waals surface area contributed by atoms with E-state index in [1.165, 1.54) is 0 Å². The monoisotopic (exact) mass is 352 g/mol. The van der Waals surface area contributed by atoms with Crippen LogP contribution in [0.5, 0.6) is 5.75 Å². The van der Waals surface area contributed by atoms with Crippen LogP contribution < -0.4 is 15.4 Å². The predicted octanol–water partition coefficient (Wildman–Crippen LogP) is 4.83. The van der Waals surface area contributed by atoms with Gasteiger partial charge in [-0.3, -0.25) is 4.79 Å². The van der Waals surface area contributed by atoms with E-state index in [4.69, 9.17) is 27.9 Å².